The number of benzene rings is 2. The predicted octanol–water partition coefficient (Wildman–Crippen LogP) is 3.99. The van der Waals surface area contributed by atoms with Gasteiger partial charge in [0.25, 0.3) is 0 Å². The molecule has 3 rings (SSSR count). The van der Waals surface area contributed by atoms with E-state index in [1.54, 1.807) is 0 Å². The lowest BCUT2D eigenvalue weighted by molar-refractivity contribution is 0.591. The van der Waals surface area contributed by atoms with E-state index in [1.165, 1.54) is 34.8 Å². The Labute approximate surface area is 146 Å². The second kappa shape index (κ2) is 7.57. The Bertz CT molecular complexity index is 791. The minimum absolute atomic E-state index is 0.0739. The van der Waals surface area contributed by atoms with Gasteiger partial charge in [-0.2, -0.15) is 0 Å². The van der Waals surface area contributed by atoms with E-state index in [1.807, 2.05) is 23.9 Å². The van der Waals surface area contributed by atoms with Crippen LogP contribution in [-0.4, -0.2) is 33.0 Å². The zero-order chi connectivity index (χ0) is 17.0. The van der Waals surface area contributed by atoms with Crippen LogP contribution in [0.3, 0.4) is 0 Å². The van der Waals surface area contributed by atoms with Gasteiger partial charge in [0.1, 0.15) is 5.82 Å². The fraction of sp³-hybridized carbons (Fsp3) is 0.333. The second-order valence-corrected chi connectivity index (χ2v) is 9.03. The smallest absolute Gasteiger partial charge is 0.178 e. The first-order chi connectivity index (χ1) is 11.6. The summed E-state index contributed by atoms with van der Waals surface area (Å²) < 4.78 is 37.7. The van der Waals surface area contributed by atoms with E-state index in [2.05, 4.69) is 17.0 Å². The number of anilines is 1. The largest absolute Gasteiger partial charge is 0.371 e. The van der Waals surface area contributed by atoms with Gasteiger partial charge in [-0.25, -0.2) is 12.8 Å². The zero-order valence-electron chi connectivity index (χ0n) is 13.3. The standard InChI is InChI=1S/C18H20FNO2S2/c19-15-7-9-16(10-8-15)24(21,22)14-4-12-20-11-3-13-23-18-6-2-1-5-17(18)20/h1-2,5-10H,3-4,11-14H2. The summed E-state index contributed by atoms with van der Waals surface area (Å²) in [7, 11) is -3.36. The fourth-order valence-corrected chi connectivity index (χ4v) is 5.14. The molecule has 0 unspecified atom stereocenters. The van der Waals surface area contributed by atoms with Crippen molar-refractivity contribution in [3.8, 4) is 0 Å². The third-order valence-corrected chi connectivity index (χ3v) is 7.02. The van der Waals surface area contributed by atoms with Crippen LogP contribution in [0, 0.1) is 5.82 Å². The first-order valence-electron chi connectivity index (χ1n) is 8.01. The molecule has 0 atom stereocenters. The van der Waals surface area contributed by atoms with Crippen molar-refractivity contribution < 1.29 is 12.8 Å². The van der Waals surface area contributed by atoms with E-state index in [9.17, 15) is 12.8 Å². The van der Waals surface area contributed by atoms with E-state index in [4.69, 9.17) is 0 Å². The molecular formula is C18H20FNO2S2. The molecule has 2 aromatic rings. The minimum Gasteiger partial charge on any atom is -0.371 e. The van der Waals surface area contributed by atoms with Crippen molar-refractivity contribution in [1.29, 1.82) is 0 Å². The monoisotopic (exact) mass is 365 g/mol. The lowest BCUT2D eigenvalue weighted by Crippen LogP contribution is -2.27. The average Bonchev–Trinajstić information content (AvgIpc) is 2.78. The van der Waals surface area contributed by atoms with E-state index in [-0.39, 0.29) is 10.6 Å². The van der Waals surface area contributed by atoms with Crippen molar-refractivity contribution >= 4 is 27.3 Å². The number of hydrogen-bond acceptors (Lipinski definition) is 4. The van der Waals surface area contributed by atoms with Gasteiger partial charge in [0, 0.05) is 18.0 Å². The molecule has 0 radical (unpaired) electrons. The molecule has 0 bridgehead atoms. The molecule has 2 aromatic carbocycles. The van der Waals surface area contributed by atoms with Crippen LogP contribution in [0.5, 0.6) is 0 Å². The molecule has 0 spiro atoms. The van der Waals surface area contributed by atoms with E-state index >= 15 is 0 Å². The number of fused-ring (bicyclic) bond motifs is 1. The number of halogens is 1. The molecular weight excluding hydrogens is 345 g/mol. The maximum absolute atomic E-state index is 12.9. The average molecular weight is 365 g/mol. The summed E-state index contributed by atoms with van der Waals surface area (Å²) in [6.07, 6.45) is 1.64. The predicted molar refractivity (Wildman–Crippen MR) is 97.1 cm³/mol. The van der Waals surface area contributed by atoms with Gasteiger partial charge in [0.05, 0.1) is 16.3 Å². The van der Waals surface area contributed by atoms with Crippen LogP contribution in [0.2, 0.25) is 0 Å². The molecule has 1 aliphatic heterocycles. The van der Waals surface area contributed by atoms with Crippen LogP contribution in [-0.2, 0) is 9.84 Å². The first kappa shape index (κ1) is 17.3. The van der Waals surface area contributed by atoms with Crippen LogP contribution in [0.1, 0.15) is 12.8 Å². The molecule has 0 N–H and O–H groups in total. The van der Waals surface area contributed by atoms with Crippen molar-refractivity contribution in [3.05, 3.63) is 54.3 Å². The Balaban J connectivity index is 1.65. The Morgan fingerprint density at radius 3 is 2.62 bits per heavy atom. The lowest BCUT2D eigenvalue weighted by atomic mass is 10.2. The molecule has 24 heavy (non-hydrogen) atoms. The van der Waals surface area contributed by atoms with Crippen molar-refractivity contribution in [2.45, 2.75) is 22.6 Å². The SMILES string of the molecule is O=S(=O)(CCCN1CCCSc2ccccc21)c1ccc(F)cc1. The quantitative estimate of drug-likeness (QED) is 0.751. The Morgan fingerprint density at radius 1 is 1.08 bits per heavy atom. The summed E-state index contributed by atoms with van der Waals surface area (Å²) in [6, 6.07) is 13.3. The lowest BCUT2D eigenvalue weighted by Gasteiger charge is -2.24. The molecule has 1 aliphatic rings. The van der Waals surface area contributed by atoms with Crippen LogP contribution in [0.25, 0.3) is 0 Å². The van der Waals surface area contributed by atoms with Gasteiger partial charge in [-0.15, -0.1) is 11.8 Å². The Morgan fingerprint density at radius 2 is 1.83 bits per heavy atom. The molecule has 0 aromatic heterocycles. The number of sulfone groups is 1. The van der Waals surface area contributed by atoms with Crippen LogP contribution >= 0.6 is 11.8 Å². The molecule has 3 nitrogen and oxygen atoms in total. The number of hydrogen-bond donors (Lipinski definition) is 0. The highest BCUT2D eigenvalue weighted by Gasteiger charge is 2.18. The molecule has 0 saturated carbocycles. The van der Waals surface area contributed by atoms with Gasteiger partial charge in [0.15, 0.2) is 9.84 Å². The van der Waals surface area contributed by atoms with Crippen molar-refractivity contribution in [3.63, 3.8) is 0 Å². The zero-order valence-corrected chi connectivity index (χ0v) is 15.0. The first-order valence-corrected chi connectivity index (χ1v) is 10.7. The summed E-state index contributed by atoms with van der Waals surface area (Å²) in [4.78, 5) is 3.72. The summed E-state index contributed by atoms with van der Waals surface area (Å²) in [5.41, 5.74) is 1.19. The summed E-state index contributed by atoms with van der Waals surface area (Å²) in [5.74, 6) is 0.735. The van der Waals surface area contributed by atoms with E-state index in [0.717, 1.165) is 18.7 Å². The van der Waals surface area contributed by atoms with Gasteiger partial charge in [0.2, 0.25) is 0 Å². The number of para-hydroxylation sites is 1. The van der Waals surface area contributed by atoms with E-state index < -0.39 is 15.7 Å². The Hall–Kier alpha value is -1.53. The topological polar surface area (TPSA) is 37.4 Å². The van der Waals surface area contributed by atoms with Crippen molar-refractivity contribution in [1.82, 2.24) is 0 Å². The molecule has 0 amide bonds. The molecule has 1 heterocycles. The Kier molecular flexibility index (Phi) is 5.46. The molecule has 6 heteroatoms. The normalized spacial score (nSPS) is 15.0. The van der Waals surface area contributed by atoms with Crippen LogP contribution in [0.4, 0.5) is 10.1 Å². The van der Waals surface area contributed by atoms with Gasteiger partial charge < -0.3 is 4.90 Å². The molecule has 0 fully saturated rings. The molecule has 0 aliphatic carbocycles. The summed E-state index contributed by atoms with van der Waals surface area (Å²) in [5, 5.41) is 0. The maximum atomic E-state index is 12.9. The highest BCUT2D eigenvalue weighted by atomic mass is 32.2. The summed E-state index contributed by atoms with van der Waals surface area (Å²) >= 11 is 1.86. The third-order valence-electron chi connectivity index (χ3n) is 4.05. The van der Waals surface area contributed by atoms with Gasteiger partial charge >= 0.3 is 0 Å². The highest BCUT2D eigenvalue weighted by Crippen LogP contribution is 2.33. The second-order valence-electron chi connectivity index (χ2n) is 5.78. The third kappa shape index (κ3) is 4.11. The van der Waals surface area contributed by atoms with Crippen LogP contribution < -0.4 is 4.90 Å². The number of thioether (sulfide) groups is 1. The number of nitrogens with zero attached hydrogens (tertiary/aromatic N) is 1. The molecule has 0 saturated heterocycles. The van der Waals surface area contributed by atoms with Gasteiger partial charge in [-0.1, -0.05) is 12.1 Å². The summed E-state index contributed by atoms with van der Waals surface area (Å²) in [6.45, 7) is 1.65. The highest BCUT2D eigenvalue weighted by molar-refractivity contribution is 7.99. The van der Waals surface area contributed by atoms with Crippen molar-refractivity contribution in [2.75, 3.05) is 29.5 Å². The minimum atomic E-state index is -3.36. The fourth-order valence-electron chi connectivity index (χ4n) is 2.84. The maximum Gasteiger partial charge on any atom is 0.178 e. The number of rotatable bonds is 5. The van der Waals surface area contributed by atoms with Crippen molar-refractivity contribution in [2.24, 2.45) is 0 Å². The molecule has 128 valence electrons. The van der Waals surface area contributed by atoms with E-state index in [0.29, 0.717) is 13.0 Å². The van der Waals surface area contributed by atoms with Crippen LogP contribution in [0.15, 0.2) is 58.3 Å². The van der Waals surface area contributed by atoms with Gasteiger partial charge in [-0.05, 0) is 55.0 Å². The van der Waals surface area contributed by atoms with Gasteiger partial charge in [-0.3, -0.25) is 0 Å².